The van der Waals surface area contributed by atoms with Crippen molar-refractivity contribution in [3.05, 3.63) is 59.7 Å². The van der Waals surface area contributed by atoms with Gasteiger partial charge in [-0.25, -0.2) is 9.59 Å². The number of fused-ring (bicyclic) bond motifs is 2. The minimum atomic E-state index is -0.933. The summed E-state index contributed by atoms with van der Waals surface area (Å²) in [5.74, 6) is 1.18. The number of carbonyl (C=O) groups excluding carboxylic acids is 1. The molecule has 0 unspecified atom stereocenters. The van der Waals surface area contributed by atoms with Crippen molar-refractivity contribution >= 4 is 46.8 Å². The third-order valence-electron chi connectivity index (χ3n) is 6.30. The average Bonchev–Trinajstić information content (AvgIpc) is 3.00. The molecule has 0 aliphatic carbocycles. The predicted octanol–water partition coefficient (Wildman–Crippen LogP) is 5.13. The number of rotatable bonds is 10. The third kappa shape index (κ3) is 15.4. The molecule has 0 saturated heterocycles. The highest BCUT2D eigenvalue weighted by Crippen LogP contribution is 2.27. The molecule has 2 heterocycles. The van der Waals surface area contributed by atoms with Gasteiger partial charge in [0.25, 0.3) is 0 Å². The van der Waals surface area contributed by atoms with Crippen LogP contribution in [0.4, 0.5) is 11.4 Å². The number of methoxy groups -OCH3 is 3. The normalized spacial score (nSPS) is 13.1. The molecule has 41 heavy (non-hydrogen) atoms. The molecule has 2 aliphatic heterocycles. The van der Waals surface area contributed by atoms with Crippen molar-refractivity contribution in [2.24, 2.45) is 0 Å². The van der Waals surface area contributed by atoms with Crippen molar-refractivity contribution in [3.63, 3.8) is 0 Å². The first-order valence-electron chi connectivity index (χ1n) is 13.8. The van der Waals surface area contributed by atoms with E-state index < -0.39 is 5.97 Å². The largest absolute Gasteiger partial charge is 0.480 e. The van der Waals surface area contributed by atoms with E-state index in [9.17, 15) is 9.59 Å². The fourth-order valence-corrected chi connectivity index (χ4v) is 5.20. The summed E-state index contributed by atoms with van der Waals surface area (Å²) in [5, 5.41) is 7.79. The summed E-state index contributed by atoms with van der Waals surface area (Å²) in [4.78, 5) is 24.6. The minimum Gasteiger partial charge on any atom is -0.480 e. The Morgan fingerprint density at radius 3 is 1.51 bits per heavy atom. The molecule has 10 heteroatoms. The van der Waals surface area contributed by atoms with E-state index in [2.05, 4.69) is 85.1 Å². The summed E-state index contributed by atoms with van der Waals surface area (Å²) in [6.07, 6.45) is 9.49. The lowest BCUT2D eigenvalue weighted by molar-refractivity contribution is -0.145. The molecule has 230 valence electrons. The van der Waals surface area contributed by atoms with Crippen LogP contribution >= 0.6 is 23.5 Å². The number of aryl methyl sites for hydroxylation is 2. The van der Waals surface area contributed by atoms with Crippen molar-refractivity contribution in [3.8, 4) is 0 Å². The summed E-state index contributed by atoms with van der Waals surface area (Å²) in [6.45, 7) is 4.68. The maximum Gasteiger partial charge on any atom is 0.331 e. The van der Waals surface area contributed by atoms with E-state index in [1.165, 1.54) is 107 Å². The molecule has 0 bridgehead atoms. The predicted molar refractivity (Wildman–Crippen MR) is 174 cm³/mol. The number of aliphatic carboxylic acids is 1. The molecule has 0 atom stereocenters. The molecule has 4 rings (SSSR count). The number of anilines is 2. The zero-order chi connectivity index (χ0) is 30.3. The Bertz CT molecular complexity index is 933. The Morgan fingerprint density at radius 2 is 1.20 bits per heavy atom. The van der Waals surface area contributed by atoms with Crippen LogP contribution in [0, 0.1) is 0 Å². The van der Waals surface area contributed by atoms with Gasteiger partial charge in [-0.1, -0.05) is 36.4 Å². The van der Waals surface area contributed by atoms with E-state index in [-0.39, 0.29) is 19.2 Å². The average molecular weight is 609 g/mol. The van der Waals surface area contributed by atoms with Gasteiger partial charge < -0.3 is 29.1 Å². The molecule has 2 aromatic carbocycles. The highest BCUT2D eigenvalue weighted by Gasteiger charge is 2.15. The quantitative estimate of drug-likeness (QED) is 0.367. The van der Waals surface area contributed by atoms with Crippen LogP contribution in [0.2, 0.25) is 0 Å². The summed E-state index contributed by atoms with van der Waals surface area (Å²) in [7, 11) is 4.10. The number of para-hydroxylation sites is 2. The molecule has 2 aliphatic rings. The van der Waals surface area contributed by atoms with Gasteiger partial charge in [0.2, 0.25) is 0 Å². The molecule has 8 nitrogen and oxygen atoms in total. The van der Waals surface area contributed by atoms with Gasteiger partial charge in [-0.15, -0.1) is 0 Å². The number of thioether (sulfide) groups is 2. The second-order valence-electron chi connectivity index (χ2n) is 9.26. The smallest absolute Gasteiger partial charge is 0.331 e. The van der Waals surface area contributed by atoms with Crippen molar-refractivity contribution in [2.45, 2.75) is 25.7 Å². The van der Waals surface area contributed by atoms with Crippen molar-refractivity contribution in [2.75, 3.05) is 94.5 Å². The number of carbonyl (C=O) groups is 2. The SMILES string of the molecule is COCC(=O)O.COCC(=O)OC.CSCCN1CCCc2ccccc21.CSCCN1CCCc2ccccc21. The number of esters is 1. The second-order valence-corrected chi connectivity index (χ2v) is 11.2. The number of hydrogen-bond donors (Lipinski definition) is 1. The molecule has 1 N–H and O–H groups in total. The second kappa shape index (κ2) is 23.2. The number of hydrogen-bond acceptors (Lipinski definition) is 9. The Labute approximate surface area is 255 Å². The number of nitrogens with zero attached hydrogens (tertiary/aromatic N) is 2. The minimum absolute atomic E-state index is 0.0382. The van der Waals surface area contributed by atoms with E-state index in [1.807, 2.05) is 23.5 Å². The lowest BCUT2D eigenvalue weighted by Gasteiger charge is -2.31. The first-order chi connectivity index (χ1) is 19.9. The molecular weight excluding hydrogens is 560 g/mol. The van der Waals surface area contributed by atoms with E-state index >= 15 is 0 Å². The number of carboxylic acids is 1. The molecule has 0 spiro atoms. The zero-order valence-corrected chi connectivity index (χ0v) is 26.9. The maximum atomic E-state index is 10.1. The number of carboxylic acid groups (broad SMARTS) is 1. The molecular formula is C31H48N2O6S2. The fourth-order valence-electron chi connectivity index (χ4n) is 4.39. The van der Waals surface area contributed by atoms with E-state index in [4.69, 9.17) is 5.11 Å². The summed E-state index contributed by atoms with van der Waals surface area (Å²) < 4.78 is 12.9. The standard InChI is InChI=1S/2C12H17NS.C4H8O3.C3H6O3/c2*1-14-10-9-13-8-4-6-11-5-2-3-7-12(11)13;1-6-3-4(5)7-2;1-6-2-3(4)5/h2*2-3,5,7H,4,6,8-10H2,1H3;3H2,1-2H3;2H2,1H3,(H,4,5). The third-order valence-corrected chi connectivity index (χ3v) is 7.48. The van der Waals surface area contributed by atoms with Crippen LogP contribution in [0.3, 0.4) is 0 Å². The first-order valence-corrected chi connectivity index (χ1v) is 16.6. The fraction of sp³-hybridized carbons (Fsp3) is 0.548. The van der Waals surface area contributed by atoms with Gasteiger partial charge in [0.15, 0.2) is 0 Å². The van der Waals surface area contributed by atoms with E-state index in [0.717, 1.165) is 0 Å². The maximum absolute atomic E-state index is 10.1. The Kier molecular flexibility index (Phi) is 20.7. The van der Waals surface area contributed by atoms with Crippen LogP contribution in [0.25, 0.3) is 0 Å². The van der Waals surface area contributed by atoms with Crippen LogP contribution in [0.1, 0.15) is 24.0 Å². The van der Waals surface area contributed by atoms with Gasteiger partial charge in [0.05, 0.1) is 7.11 Å². The van der Waals surface area contributed by atoms with Gasteiger partial charge in [-0.3, -0.25) is 0 Å². The number of ether oxygens (including phenoxy) is 3. The molecule has 0 saturated carbocycles. The first kappa shape index (κ1) is 36.6. The topological polar surface area (TPSA) is 88.5 Å². The molecule has 0 radical (unpaired) electrons. The lowest BCUT2D eigenvalue weighted by Crippen LogP contribution is -2.31. The summed E-state index contributed by atoms with van der Waals surface area (Å²) in [6, 6.07) is 17.6. The molecule has 0 aromatic heterocycles. The van der Waals surface area contributed by atoms with Crippen molar-refractivity contribution in [1.82, 2.24) is 0 Å². The van der Waals surface area contributed by atoms with Crippen LogP contribution in [0.15, 0.2) is 48.5 Å². The highest BCUT2D eigenvalue weighted by molar-refractivity contribution is 7.98. The molecule has 2 aromatic rings. The lowest BCUT2D eigenvalue weighted by atomic mass is 10.0. The van der Waals surface area contributed by atoms with Crippen LogP contribution in [-0.2, 0) is 36.6 Å². The van der Waals surface area contributed by atoms with Gasteiger partial charge in [0, 0.05) is 63.3 Å². The van der Waals surface area contributed by atoms with Gasteiger partial charge in [0.1, 0.15) is 13.2 Å². The Hall–Kier alpha value is -2.40. The van der Waals surface area contributed by atoms with E-state index in [0.29, 0.717) is 0 Å². The van der Waals surface area contributed by atoms with Crippen molar-refractivity contribution < 1.29 is 28.9 Å². The van der Waals surface area contributed by atoms with Gasteiger partial charge in [-0.2, -0.15) is 23.5 Å². The molecule has 0 fully saturated rings. The van der Waals surface area contributed by atoms with E-state index in [1.54, 1.807) is 0 Å². The Balaban J connectivity index is 0.000000293. The number of benzene rings is 2. The van der Waals surface area contributed by atoms with Gasteiger partial charge in [-0.05, 0) is 61.5 Å². The van der Waals surface area contributed by atoms with Crippen molar-refractivity contribution in [1.29, 1.82) is 0 Å². The van der Waals surface area contributed by atoms with Crippen LogP contribution in [0.5, 0.6) is 0 Å². The van der Waals surface area contributed by atoms with Crippen LogP contribution in [-0.4, -0.2) is 102 Å². The summed E-state index contributed by atoms with van der Waals surface area (Å²) in [5.41, 5.74) is 5.99. The summed E-state index contributed by atoms with van der Waals surface area (Å²) >= 11 is 3.86. The molecule has 0 amide bonds. The van der Waals surface area contributed by atoms with Gasteiger partial charge >= 0.3 is 11.9 Å². The zero-order valence-electron chi connectivity index (χ0n) is 25.3. The highest BCUT2D eigenvalue weighted by atomic mass is 32.2. The monoisotopic (exact) mass is 608 g/mol. The Morgan fingerprint density at radius 1 is 0.756 bits per heavy atom. The van der Waals surface area contributed by atoms with Crippen LogP contribution < -0.4 is 9.80 Å².